The molecule has 0 atom stereocenters. The Kier molecular flexibility index (Phi) is 2.74. The molecule has 0 aliphatic carbocycles. The summed E-state index contributed by atoms with van der Waals surface area (Å²) in [6, 6.07) is 9.81. The highest BCUT2D eigenvalue weighted by Crippen LogP contribution is 2.27. The highest BCUT2D eigenvalue weighted by Gasteiger charge is 2.28. The molecule has 1 N–H and O–H groups in total. The van der Waals surface area contributed by atoms with Crippen molar-refractivity contribution in [3.05, 3.63) is 62.9 Å². The number of nitrogens with one attached hydrogen (secondary N) is 1. The van der Waals surface area contributed by atoms with Gasteiger partial charge in [-0.25, -0.2) is 4.79 Å². The van der Waals surface area contributed by atoms with Crippen LogP contribution in [-0.4, -0.2) is 22.6 Å². The predicted octanol–water partition coefficient (Wildman–Crippen LogP) is 0.906. The van der Waals surface area contributed by atoms with Gasteiger partial charge >= 0.3 is 5.69 Å². The van der Waals surface area contributed by atoms with Gasteiger partial charge in [-0.3, -0.25) is 14.3 Å². The lowest BCUT2D eigenvalue weighted by Crippen LogP contribution is -2.51. The Balaban J connectivity index is 1.76. The number of H-pyrrole nitrogens is 1. The molecule has 1 aliphatic heterocycles. The fraction of sp³-hybridized carbons (Fsp3) is 0.286. The minimum atomic E-state index is -0.351. The molecule has 1 fully saturated rings. The van der Waals surface area contributed by atoms with Crippen molar-refractivity contribution in [2.24, 2.45) is 0 Å². The topological polar surface area (TPSA) is 58.1 Å². The molecule has 0 amide bonds. The molecular formula is C14H15N3O2. The maximum atomic E-state index is 11.7. The van der Waals surface area contributed by atoms with Crippen molar-refractivity contribution in [3.63, 3.8) is 0 Å². The summed E-state index contributed by atoms with van der Waals surface area (Å²) in [5.74, 6) is 0. The fourth-order valence-corrected chi connectivity index (χ4v) is 2.38. The van der Waals surface area contributed by atoms with Gasteiger partial charge in [0, 0.05) is 31.0 Å². The number of anilines is 1. The Morgan fingerprint density at radius 2 is 2.00 bits per heavy atom. The van der Waals surface area contributed by atoms with Crippen molar-refractivity contribution in [1.82, 2.24) is 9.55 Å². The van der Waals surface area contributed by atoms with Crippen LogP contribution in [0.1, 0.15) is 11.6 Å². The lowest BCUT2D eigenvalue weighted by Gasteiger charge is -2.41. The summed E-state index contributed by atoms with van der Waals surface area (Å²) >= 11 is 0. The van der Waals surface area contributed by atoms with Crippen molar-refractivity contribution in [3.8, 4) is 0 Å². The highest BCUT2D eigenvalue weighted by atomic mass is 16.2. The average Bonchev–Trinajstić information content (AvgIpc) is 2.30. The molecule has 1 saturated heterocycles. The maximum Gasteiger partial charge on any atom is 0.328 e. The smallest absolute Gasteiger partial charge is 0.328 e. The molecule has 0 bridgehead atoms. The minimum absolute atomic E-state index is 0.130. The molecule has 1 aliphatic rings. The Bertz CT molecular complexity index is 711. The second-order valence-electron chi connectivity index (χ2n) is 4.92. The number of aromatic nitrogens is 2. The van der Waals surface area contributed by atoms with Crippen LogP contribution in [0.25, 0.3) is 0 Å². The van der Waals surface area contributed by atoms with Gasteiger partial charge in [-0.2, -0.15) is 0 Å². The minimum Gasteiger partial charge on any atom is -0.367 e. The van der Waals surface area contributed by atoms with Crippen LogP contribution < -0.4 is 16.1 Å². The van der Waals surface area contributed by atoms with Crippen LogP contribution in [0.4, 0.5) is 5.69 Å². The number of aryl methyl sites for hydroxylation is 1. The van der Waals surface area contributed by atoms with Gasteiger partial charge in [0.1, 0.15) is 0 Å². The molecule has 0 radical (unpaired) electrons. The summed E-state index contributed by atoms with van der Waals surface area (Å²) in [6.45, 7) is 3.64. The molecule has 98 valence electrons. The number of rotatable bonds is 2. The Hall–Kier alpha value is -2.30. The van der Waals surface area contributed by atoms with Crippen LogP contribution in [-0.2, 0) is 0 Å². The molecule has 1 aromatic heterocycles. The van der Waals surface area contributed by atoms with E-state index in [9.17, 15) is 9.59 Å². The first-order chi connectivity index (χ1) is 9.13. The van der Waals surface area contributed by atoms with Crippen LogP contribution in [0.5, 0.6) is 0 Å². The summed E-state index contributed by atoms with van der Waals surface area (Å²) in [6.07, 6.45) is 1.57. The second-order valence-corrected chi connectivity index (χ2v) is 4.92. The van der Waals surface area contributed by atoms with Crippen molar-refractivity contribution < 1.29 is 0 Å². The van der Waals surface area contributed by atoms with Crippen LogP contribution in [0.15, 0.2) is 46.1 Å². The van der Waals surface area contributed by atoms with E-state index < -0.39 is 0 Å². The van der Waals surface area contributed by atoms with E-state index in [0.717, 1.165) is 13.1 Å². The predicted molar refractivity (Wildman–Crippen MR) is 73.8 cm³/mol. The first kappa shape index (κ1) is 11.8. The number of benzene rings is 1. The van der Waals surface area contributed by atoms with E-state index in [4.69, 9.17) is 0 Å². The summed E-state index contributed by atoms with van der Waals surface area (Å²) < 4.78 is 1.59. The largest absolute Gasteiger partial charge is 0.367 e. The SMILES string of the molecule is Cc1cccc(N2CC(n3ccc(=O)[nH]c3=O)C2)c1. The van der Waals surface area contributed by atoms with E-state index in [1.807, 2.05) is 6.07 Å². The zero-order valence-electron chi connectivity index (χ0n) is 10.7. The molecule has 2 heterocycles. The van der Waals surface area contributed by atoms with Gasteiger partial charge in [-0.1, -0.05) is 12.1 Å². The average molecular weight is 257 g/mol. The maximum absolute atomic E-state index is 11.7. The molecular weight excluding hydrogens is 242 g/mol. The van der Waals surface area contributed by atoms with Crippen LogP contribution >= 0.6 is 0 Å². The monoisotopic (exact) mass is 257 g/mol. The van der Waals surface area contributed by atoms with Gasteiger partial charge in [0.05, 0.1) is 6.04 Å². The van der Waals surface area contributed by atoms with E-state index in [2.05, 4.69) is 35.0 Å². The van der Waals surface area contributed by atoms with E-state index >= 15 is 0 Å². The van der Waals surface area contributed by atoms with Gasteiger partial charge in [-0.15, -0.1) is 0 Å². The standard InChI is InChI=1S/C14H15N3O2/c1-10-3-2-4-11(7-10)16-8-12(9-16)17-6-5-13(18)15-14(17)19/h2-7,12H,8-9H2,1H3,(H,15,18,19). The lowest BCUT2D eigenvalue weighted by atomic mass is 10.1. The molecule has 0 unspecified atom stereocenters. The van der Waals surface area contributed by atoms with Gasteiger partial charge in [0.2, 0.25) is 0 Å². The Labute approximate surface area is 110 Å². The molecule has 5 nitrogen and oxygen atoms in total. The van der Waals surface area contributed by atoms with Gasteiger partial charge in [0.15, 0.2) is 0 Å². The van der Waals surface area contributed by atoms with Gasteiger partial charge < -0.3 is 4.90 Å². The van der Waals surface area contributed by atoms with Crippen LogP contribution in [0.2, 0.25) is 0 Å². The third-order valence-electron chi connectivity index (χ3n) is 3.47. The Morgan fingerprint density at radius 1 is 1.21 bits per heavy atom. The van der Waals surface area contributed by atoms with E-state index in [0.29, 0.717) is 0 Å². The van der Waals surface area contributed by atoms with Crippen molar-refractivity contribution in [1.29, 1.82) is 0 Å². The molecule has 3 rings (SSSR count). The first-order valence-electron chi connectivity index (χ1n) is 6.26. The van der Waals surface area contributed by atoms with Gasteiger partial charge in [0.25, 0.3) is 5.56 Å². The highest BCUT2D eigenvalue weighted by molar-refractivity contribution is 5.50. The second kappa shape index (κ2) is 4.42. The van der Waals surface area contributed by atoms with Crippen LogP contribution in [0, 0.1) is 6.92 Å². The van der Waals surface area contributed by atoms with E-state index in [1.54, 1.807) is 10.8 Å². The zero-order chi connectivity index (χ0) is 13.4. The Morgan fingerprint density at radius 3 is 2.68 bits per heavy atom. The van der Waals surface area contributed by atoms with Crippen molar-refractivity contribution in [2.45, 2.75) is 13.0 Å². The third-order valence-corrected chi connectivity index (χ3v) is 3.47. The molecule has 5 heteroatoms. The molecule has 0 spiro atoms. The van der Waals surface area contributed by atoms with Gasteiger partial charge in [-0.05, 0) is 24.6 Å². The third kappa shape index (κ3) is 2.19. The summed E-state index contributed by atoms with van der Waals surface area (Å²) in [7, 11) is 0. The number of nitrogens with zero attached hydrogens (tertiary/aromatic N) is 2. The first-order valence-corrected chi connectivity index (χ1v) is 6.26. The summed E-state index contributed by atoms with van der Waals surface area (Å²) in [4.78, 5) is 27.2. The van der Waals surface area contributed by atoms with E-state index in [1.165, 1.54) is 17.3 Å². The molecule has 2 aromatic rings. The quantitative estimate of drug-likeness (QED) is 0.870. The normalized spacial score (nSPS) is 15.3. The van der Waals surface area contributed by atoms with Crippen molar-refractivity contribution in [2.75, 3.05) is 18.0 Å². The number of hydrogen-bond donors (Lipinski definition) is 1. The molecule has 19 heavy (non-hydrogen) atoms. The van der Waals surface area contributed by atoms with Crippen molar-refractivity contribution >= 4 is 5.69 Å². The number of hydrogen-bond acceptors (Lipinski definition) is 3. The number of aromatic amines is 1. The summed E-state index contributed by atoms with van der Waals surface area (Å²) in [5.41, 5.74) is 1.72. The molecule has 1 aromatic carbocycles. The summed E-state index contributed by atoms with van der Waals surface area (Å²) in [5, 5.41) is 0. The fourth-order valence-electron chi connectivity index (χ4n) is 2.38. The zero-order valence-corrected chi connectivity index (χ0v) is 10.7. The van der Waals surface area contributed by atoms with Crippen LogP contribution in [0.3, 0.4) is 0 Å². The molecule has 0 saturated carbocycles. The lowest BCUT2D eigenvalue weighted by molar-refractivity contribution is 0.384. The van der Waals surface area contributed by atoms with E-state index in [-0.39, 0.29) is 17.3 Å².